The van der Waals surface area contributed by atoms with E-state index in [0.29, 0.717) is 0 Å². The van der Waals surface area contributed by atoms with E-state index >= 15 is 0 Å². The number of amides is 1. The van der Waals surface area contributed by atoms with Gasteiger partial charge in [0.1, 0.15) is 67.1 Å². The molecule has 11 N–H and O–H groups in total. The summed E-state index contributed by atoms with van der Waals surface area (Å²) >= 11 is 0. The molecule has 0 aromatic carbocycles. The van der Waals surface area contributed by atoms with Crippen molar-refractivity contribution in [2.24, 2.45) is 5.73 Å². The Morgan fingerprint density at radius 1 is 0.769 bits per heavy atom. The second-order valence-corrected chi connectivity index (χ2v) is 9.69. The Balaban J connectivity index is 1.78. The van der Waals surface area contributed by atoms with E-state index in [-0.39, 0.29) is 13.2 Å². The molecule has 0 aromatic rings. The molecule has 3 aliphatic rings. The van der Waals surface area contributed by atoms with Gasteiger partial charge < -0.3 is 80.3 Å². The van der Waals surface area contributed by atoms with E-state index in [1.165, 1.54) is 13.8 Å². The molecule has 0 saturated carbocycles. The number of aliphatic hydroxyl groups is 8. The fourth-order valence-electron chi connectivity index (χ4n) is 4.71. The maximum absolute atomic E-state index is 11.8. The molecule has 0 bridgehead atoms. The summed E-state index contributed by atoms with van der Waals surface area (Å²) in [4.78, 5) is 11.8. The van der Waals surface area contributed by atoms with Crippen LogP contribution in [0.1, 0.15) is 13.8 Å². The third-order valence-corrected chi connectivity index (χ3v) is 6.84. The molecule has 0 spiro atoms. The summed E-state index contributed by atoms with van der Waals surface area (Å²) in [6.07, 6.45) is -21.0. The fraction of sp³-hybridized carbons (Fsp3) is 0.955. The lowest BCUT2D eigenvalue weighted by Gasteiger charge is -2.48. The molecule has 3 fully saturated rings. The van der Waals surface area contributed by atoms with Gasteiger partial charge in [-0.05, 0) is 6.92 Å². The van der Waals surface area contributed by atoms with Crippen molar-refractivity contribution in [1.82, 2.24) is 5.32 Å². The molecular formula is C22H40N2O15. The van der Waals surface area contributed by atoms with Crippen LogP contribution >= 0.6 is 0 Å². The first-order valence-corrected chi connectivity index (χ1v) is 12.6. The summed E-state index contributed by atoms with van der Waals surface area (Å²) in [6.45, 7) is 1.38. The number of rotatable bonds is 10. The highest BCUT2D eigenvalue weighted by molar-refractivity contribution is 5.73. The van der Waals surface area contributed by atoms with Crippen molar-refractivity contribution in [3.05, 3.63) is 0 Å². The van der Waals surface area contributed by atoms with Gasteiger partial charge in [-0.1, -0.05) is 0 Å². The van der Waals surface area contributed by atoms with Crippen molar-refractivity contribution in [2.45, 2.75) is 106 Å². The molecule has 17 heteroatoms. The molecule has 228 valence electrons. The van der Waals surface area contributed by atoms with Gasteiger partial charge in [0, 0.05) is 13.5 Å². The van der Waals surface area contributed by atoms with Crippen molar-refractivity contribution in [2.75, 3.05) is 26.4 Å². The van der Waals surface area contributed by atoms with Gasteiger partial charge in [-0.3, -0.25) is 4.79 Å². The molecular weight excluding hydrogens is 532 g/mol. The quantitative estimate of drug-likeness (QED) is 0.116. The average molecular weight is 573 g/mol. The van der Waals surface area contributed by atoms with Crippen LogP contribution in [0, 0.1) is 0 Å². The Bertz CT molecular complexity index is 780. The number of carbonyl (C=O) groups excluding carboxylic acids is 1. The van der Waals surface area contributed by atoms with Crippen LogP contribution in [0.15, 0.2) is 0 Å². The fourth-order valence-corrected chi connectivity index (χ4v) is 4.71. The minimum absolute atomic E-state index is 0.0218. The standard InChI is InChI=1S/C22H40N2O15/c1-7-12(28)19(39-21-16(32)15(31)13(29)9(5-25)36-21)17(33)22(35-7)38-18-10(6-26)37-20(34-4-3-23)11(14(18)30)24-8(2)27/h7,9-22,25-26,28-33H,3-6,23H2,1-2H3,(H,24,27)/t7-,9-,10-,11-,12+,13+,14-,15+,16-,17-,18-,19+,20-,21+,22-/m1/s1. The third kappa shape index (κ3) is 7.21. The lowest BCUT2D eigenvalue weighted by Crippen LogP contribution is -2.68. The predicted octanol–water partition coefficient (Wildman–Crippen LogP) is -6.42. The van der Waals surface area contributed by atoms with Crippen LogP contribution in [-0.2, 0) is 33.2 Å². The van der Waals surface area contributed by atoms with Crippen LogP contribution in [0.5, 0.6) is 0 Å². The second kappa shape index (κ2) is 14.2. The first-order chi connectivity index (χ1) is 18.4. The Morgan fingerprint density at radius 2 is 1.36 bits per heavy atom. The largest absolute Gasteiger partial charge is 0.394 e. The van der Waals surface area contributed by atoms with Crippen LogP contribution < -0.4 is 11.1 Å². The number of nitrogens with two attached hydrogens (primary N) is 1. The number of hydrogen-bond donors (Lipinski definition) is 10. The summed E-state index contributed by atoms with van der Waals surface area (Å²) in [5, 5.41) is 84.9. The topological polar surface area (TPSA) is 272 Å². The molecule has 0 unspecified atom stereocenters. The second-order valence-electron chi connectivity index (χ2n) is 9.69. The van der Waals surface area contributed by atoms with Crippen LogP contribution in [0.2, 0.25) is 0 Å². The lowest BCUT2D eigenvalue weighted by molar-refractivity contribution is -0.373. The zero-order valence-electron chi connectivity index (χ0n) is 21.5. The zero-order valence-corrected chi connectivity index (χ0v) is 21.5. The number of carbonyl (C=O) groups is 1. The molecule has 15 atom stereocenters. The van der Waals surface area contributed by atoms with Crippen molar-refractivity contribution >= 4 is 5.91 Å². The summed E-state index contributed by atoms with van der Waals surface area (Å²) in [5.41, 5.74) is 5.46. The molecule has 0 aromatic heterocycles. The number of aliphatic hydroxyl groups excluding tert-OH is 8. The average Bonchev–Trinajstić information content (AvgIpc) is 2.90. The maximum Gasteiger partial charge on any atom is 0.217 e. The van der Waals surface area contributed by atoms with Gasteiger partial charge in [0.05, 0.1) is 25.9 Å². The van der Waals surface area contributed by atoms with Gasteiger partial charge >= 0.3 is 0 Å². The van der Waals surface area contributed by atoms with E-state index in [9.17, 15) is 45.6 Å². The molecule has 17 nitrogen and oxygen atoms in total. The first kappa shape index (κ1) is 32.4. The summed E-state index contributed by atoms with van der Waals surface area (Å²) in [6, 6.07) is -1.16. The van der Waals surface area contributed by atoms with E-state index in [4.69, 9.17) is 34.2 Å². The smallest absolute Gasteiger partial charge is 0.217 e. The van der Waals surface area contributed by atoms with Crippen molar-refractivity contribution in [3.63, 3.8) is 0 Å². The normalized spacial score (nSPS) is 47.1. The van der Waals surface area contributed by atoms with Crippen LogP contribution in [0.25, 0.3) is 0 Å². The Labute approximate surface area is 223 Å². The van der Waals surface area contributed by atoms with Gasteiger partial charge in [-0.15, -0.1) is 0 Å². The van der Waals surface area contributed by atoms with Crippen LogP contribution in [0.3, 0.4) is 0 Å². The molecule has 0 aliphatic carbocycles. The molecule has 3 rings (SSSR count). The minimum atomic E-state index is -1.81. The van der Waals surface area contributed by atoms with Crippen LogP contribution in [0.4, 0.5) is 0 Å². The summed E-state index contributed by atoms with van der Waals surface area (Å²) in [7, 11) is 0. The monoisotopic (exact) mass is 572 g/mol. The van der Waals surface area contributed by atoms with Crippen LogP contribution in [-0.4, -0.2) is 165 Å². The molecule has 1 amide bonds. The van der Waals surface area contributed by atoms with Gasteiger partial charge in [0.15, 0.2) is 18.9 Å². The van der Waals surface area contributed by atoms with Gasteiger partial charge in [-0.2, -0.15) is 0 Å². The van der Waals surface area contributed by atoms with Gasteiger partial charge in [0.25, 0.3) is 0 Å². The van der Waals surface area contributed by atoms with Gasteiger partial charge in [-0.25, -0.2) is 0 Å². The van der Waals surface area contributed by atoms with Crippen molar-refractivity contribution < 1.29 is 74.1 Å². The van der Waals surface area contributed by atoms with E-state index in [2.05, 4.69) is 5.32 Å². The summed E-state index contributed by atoms with van der Waals surface area (Å²) < 4.78 is 33.4. The maximum atomic E-state index is 11.8. The molecule has 3 aliphatic heterocycles. The number of ether oxygens (including phenoxy) is 6. The van der Waals surface area contributed by atoms with E-state index in [1.807, 2.05) is 0 Å². The van der Waals surface area contributed by atoms with E-state index < -0.39 is 111 Å². The Hall–Kier alpha value is -1.13. The third-order valence-electron chi connectivity index (χ3n) is 6.84. The lowest BCUT2D eigenvalue weighted by atomic mass is 9.95. The van der Waals surface area contributed by atoms with Crippen molar-refractivity contribution in [3.8, 4) is 0 Å². The highest BCUT2D eigenvalue weighted by Gasteiger charge is 2.53. The van der Waals surface area contributed by atoms with Crippen molar-refractivity contribution in [1.29, 1.82) is 0 Å². The van der Waals surface area contributed by atoms with E-state index in [1.54, 1.807) is 0 Å². The number of hydrogen-bond acceptors (Lipinski definition) is 16. The minimum Gasteiger partial charge on any atom is -0.394 e. The number of nitrogens with one attached hydrogen (secondary N) is 1. The molecule has 3 heterocycles. The predicted molar refractivity (Wildman–Crippen MR) is 124 cm³/mol. The molecule has 0 radical (unpaired) electrons. The first-order valence-electron chi connectivity index (χ1n) is 12.6. The molecule has 3 saturated heterocycles. The van der Waals surface area contributed by atoms with Gasteiger partial charge in [0.2, 0.25) is 5.91 Å². The SMILES string of the molecule is CC(=O)N[C@H]1[C@H](OCCN)O[C@H](CO)[C@@H](O[C@H]2O[C@H](C)[C@H](O)[C@H](O[C@@H]3O[C@H](CO)[C@H](O)[C@H](O)[C@H]3O)[C@H]2O)[C@@H]1O. The van der Waals surface area contributed by atoms with E-state index in [0.717, 1.165) is 0 Å². The highest BCUT2D eigenvalue weighted by atomic mass is 16.8. The zero-order chi connectivity index (χ0) is 29.0. The Kier molecular flexibility index (Phi) is 11.8. The molecule has 39 heavy (non-hydrogen) atoms. The highest BCUT2D eigenvalue weighted by Crippen LogP contribution is 2.32. The Morgan fingerprint density at radius 3 is 1.95 bits per heavy atom. The summed E-state index contributed by atoms with van der Waals surface area (Å²) in [5.74, 6) is -0.524.